The molecule has 0 aromatic heterocycles. The van der Waals surface area contributed by atoms with Crippen LogP contribution < -0.4 is 0 Å². The first-order chi connectivity index (χ1) is 11.7. The predicted molar refractivity (Wildman–Crippen MR) is 101 cm³/mol. The summed E-state index contributed by atoms with van der Waals surface area (Å²) in [6.07, 6.45) is 4.42. The van der Waals surface area contributed by atoms with Gasteiger partial charge in [-0.05, 0) is 49.4 Å². The number of rotatable bonds is 3. The van der Waals surface area contributed by atoms with Crippen molar-refractivity contribution in [2.24, 2.45) is 22.7 Å². The molecule has 3 rings (SSSR count). The molecule has 0 amide bonds. The van der Waals surface area contributed by atoms with E-state index in [0.29, 0.717) is 18.4 Å². The number of halogens is 1. The predicted octanol–water partition coefficient (Wildman–Crippen LogP) is 2.38. The fraction of sp³-hybridized carbons (Fsp3) is 0.750. The Morgan fingerprint density at radius 3 is 2.58 bits per heavy atom. The number of cyclic esters (lactones) is 1. The van der Waals surface area contributed by atoms with Gasteiger partial charge in [-0.2, -0.15) is 0 Å². The summed E-state index contributed by atoms with van der Waals surface area (Å²) in [5, 5.41) is 30.4. The van der Waals surface area contributed by atoms with Gasteiger partial charge < -0.3 is 20.1 Å². The normalized spacial score (nSPS) is 44.4. The van der Waals surface area contributed by atoms with Gasteiger partial charge >= 0.3 is 5.97 Å². The summed E-state index contributed by atoms with van der Waals surface area (Å²) in [6, 6.07) is 0. The number of fused-ring (bicyclic) bond motifs is 1. The summed E-state index contributed by atoms with van der Waals surface area (Å²) in [5.74, 6) is -0.0734. The van der Waals surface area contributed by atoms with Gasteiger partial charge in [0.2, 0.25) is 0 Å². The highest BCUT2D eigenvalue weighted by Gasteiger charge is 2.57. The van der Waals surface area contributed by atoms with Gasteiger partial charge in [-0.3, -0.25) is 0 Å². The molecule has 2 saturated carbocycles. The molecule has 3 aliphatic rings. The largest absolute Gasteiger partial charge is 0.459 e. The van der Waals surface area contributed by atoms with Crippen LogP contribution in [0, 0.1) is 22.7 Å². The number of esters is 1. The van der Waals surface area contributed by atoms with E-state index in [1.807, 2.05) is 13.0 Å². The van der Waals surface area contributed by atoms with E-state index in [1.165, 1.54) is 0 Å². The van der Waals surface area contributed by atoms with Crippen LogP contribution in [0.1, 0.15) is 46.0 Å². The topological polar surface area (TPSA) is 87.0 Å². The SMILES string of the molecule is C=C1CC[C@@H]2[C@](C)(CO)[C@H](O)CC[C@@]2(C)[C@@H]1C/C=C1/C(=O)OC[C@H]1O.Cl. The monoisotopic (exact) mass is 386 g/mol. The van der Waals surface area contributed by atoms with Gasteiger partial charge in [0.15, 0.2) is 0 Å². The second-order valence-electron chi connectivity index (χ2n) is 8.54. The Labute approximate surface area is 161 Å². The van der Waals surface area contributed by atoms with Gasteiger partial charge in [0.1, 0.15) is 12.7 Å². The van der Waals surface area contributed by atoms with Crippen molar-refractivity contribution in [1.82, 2.24) is 0 Å². The molecule has 1 heterocycles. The van der Waals surface area contributed by atoms with Crippen molar-refractivity contribution in [3.8, 4) is 0 Å². The number of ether oxygens (including phenoxy) is 1. The molecule has 0 radical (unpaired) electrons. The second-order valence-corrected chi connectivity index (χ2v) is 8.54. The van der Waals surface area contributed by atoms with Crippen molar-refractivity contribution in [3.63, 3.8) is 0 Å². The molecule has 0 spiro atoms. The van der Waals surface area contributed by atoms with E-state index in [9.17, 15) is 20.1 Å². The van der Waals surface area contributed by atoms with E-state index in [0.717, 1.165) is 24.8 Å². The third kappa shape index (κ3) is 3.24. The van der Waals surface area contributed by atoms with Gasteiger partial charge in [-0.1, -0.05) is 32.1 Å². The van der Waals surface area contributed by atoms with Gasteiger partial charge in [-0.15, -0.1) is 12.4 Å². The standard InChI is InChI=1S/C20H30O5.ClH/c1-12-4-7-16-19(2,9-8-17(23)20(16,3)11-21)14(12)6-5-13-15(22)10-25-18(13)24;/h5,14-17,21-23H,1,4,6-11H2,2-3H3;1H/b13-5+;/t14-,15-,16+,17-,19+,20+;/m1./s1. The summed E-state index contributed by atoms with van der Waals surface area (Å²) < 4.78 is 4.90. The molecule has 26 heavy (non-hydrogen) atoms. The van der Waals surface area contributed by atoms with Crippen LogP contribution >= 0.6 is 12.4 Å². The molecule has 3 fully saturated rings. The Balaban J connectivity index is 0.00000243. The quantitative estimate of drug-likeness (QED) is 0.394. The summed E-state index contributed by atoms with van der Waals surface area (Å²) in [7, 11) is 0. The van der Waals surface area contributed by atoms with Crippen LogP contribution in [-0.4, -0.2) is 46.7 Å². The number of hydrogen-bond acceptors (Lipinski definition) is 5. The maximum Gasteiger partial charge on any atom is 0.336 e. The molecular formula is C20H31ClO5. The van der Waals surface area contributed by atoms with Gasteiger partial charge in [0, 0.05) is 5.41 Å². The van der Waals surface area contributed by atoms with E-state index in [4.69, 9.17) is 4.74 Å². The van der Waals surface area contributed by atoms with E-state index >= 15 is 0 Å². The van der Waals surface area contributed by atoms with Crippen LogP contribution in [0.4, 0.5) is 0 Å². The molecule has 0 aromatic carbocycles. The van der Waals surface area contributed by atoms with Crippen molar-refractivity contribution in [1.29, 1.82) is 0 Å². The third-order valence-electron chi connectivity index (χ3n) is 7.23. The number of allylic oxidation sites excluding steroid dienone is 2. The van der Waals surface area contributed by atoms with Gasteiger partial charge in [0.05, 0.1) is 18.3 Å². The van der Waals surface area contributed by atoms with Crippen LogP contribution in [0.5, 0.6) is 0 Å². The van der Waals surface area contributed by atoms with Crippen LogP contribution in [0.3, 0.4) is 0 Å². The molecule has 1 aliphatic heterocycles. The van der Waals surface area contributed by atoms with Crippen LogP contribution in [0.2, 0.25) is 0 Å². The number of aliphatic hydroxyl groups excluding tert-OH is 3. The minimum Gasteiger partial charge on any atom is -0.459 e. The van der Waals surface area contributed by atoms with Crippen molar-refractivity contribution in [3.05, 3.63) is 23.8 Å². The molecule has 0 bridgehead atoms. The van der Waals surface area contributed by atoms with Gasteiger partial charge in [-0.25, -0.2) is 4.79 Å². The van der Waals surface area contributed by atoms with Gasteiger partial charge in [0.25, 0.3) is 0 Å². The van der Waals surface area contributed by atoms with E-state index in [-0.39, 0.29) is 42.9 Å². The second kappa shape index (κ2) is 7.63. The first-order valence-electron chi connectivity index (χ1n) is 9.26. The number of carbonyl (C=O) groups excluding carboxylic acids is 1. The smallest absolute Gasteiger partial charge is 0.336 e. The lowest BCUT2D eigenvalue weighted by Gasteiger charge is -2.59. The fourth-order valence-electron chi connectivity index (χ4n) is 5.56. The average Bonchev–Trinajstić information content (AvgIpc) is 2.89. The third-order valence-corrected chi connectivity index (χ3v) is 7.23. The van der Waals surface area contributed by atoms with Crippen molar-refractivity contribution in [2.75, 3.05) is 13.2 Å². The average molecular weight is 387 g/mol. The fourth-order valence-corrected chi connectivity index (χ4v) is 5.56. The minimum atomic E-state index is -0.844. The number of aliphatic hydroxyl groups is 3. The Kier molecular flexibility index (Phi) is 6.28. The Morgan fingerprint density at radius 1 is 1.31 bits per heavy atom. The van der Waals surface area contributed by atoms with E-state index in [1.54, 1.807) is 0 Å². The summed E-state index contributed by atoms with van der Waals surface area (Å²) in [6.45, 7) is 8.50. The first kappa shape index (κ1) is 21.4. The van der Waals surface area contributed by atoms with E-state index < -0.39 is 23.6 Å². The van der Waals surface area contributed by atoms with Crippen molar-refractivity contribution in [2.45, 2.75) is 58.2 Å². The highest BCUT2D eigenvalue weighted by atomic mass is 35.5. The number of carbonyl (C=O) groups is 1. The molecule has 0 unspecified atom stereocenters. The van der Waals surface area contributed by atoms with Crippen molar-refractivity contribution < 1.29 is 24.9 Å². The maximum atomic E-state index is 11.8. The zero-order valence-electron chi connectivity index (χ0n) is 15.6. The van der Waals surface area contributed by atoms with Crippen LogP contribution in [0.15, 0.2) is 23.8 Å². The Bertz CT molecular complexity index is 603. The Hall–Kier alpha value is -0.880. The van der Waals surface area contributed by atoms with Crippen molar-refractivity contribution >= 4 is 18.4 Å². The molecule has 148 valence electrons. The maximum absolute atomic E-state index is 11.8. The zero-order chi connectivity index (χ0) is 18.4. The summed E-state index contributed by atoms with van der Waals surface area (Å²) in [5.41, 5.74) is 0.911. The molecular weight excluding hydrogens is 356 g/mol. The highest BCUT2D eigenvalue weighted by molar-refractivity contribution is 5.91. The summed E-state index contributed by atoms with van der Waals surface area (Å²) in [4.78, 5) is 11.8. The highest BCUT2D eigenvalue weighted by Crippen LogP contribution is 2.61. The first-order valence-corrected chi connectivity index (χ1v) is 9.26. The van der Waals surface area contributed by atoms with E-state index in [2.05, 4.69) is 13.5 Å². The molecule has 2 aliphatic carbocycles. The number of hydrogen-bond donors (Lipinski definition) is 3. The van der Waals surface area contributed by atoms with Crippen LogP contribution in [0.25, 0.3) is 0 Å². The molecule has 1 saturated heterocycles. The molecule has 6 heteroatoms. The lowest BCUT2D eigenvalue weighted by molar-refractivity contribution is -0.151. The summed E-state index contributed by atoms with van der Waals surface area (Å²) >= 11 is 0. The lowest BCUT2D eigenvalue weighted by atomic mass is 9.46. The minimum absolute atomic E-state index is 0. The van der Waals surface area contributed by atoms with Crippen LogP contribution in [-0.2, 0) is 9.53 Å². The lowest BCUT2D eigenvalue weighted by Crippen LogP contribution is -2.57. The Morgan fingerprint density at radius 2 is 2.00 bits per heavy atom. The molecule has 3 N–H and O–H groups in total. The molecule has 5 nitrogen and oxygen atoms in total. The molecule has 0 aromatic rings. The zero-order valence-corrected chi connectivity index (χ0v) is 16.4. The molecule has 6 atom stereocenters.